The molecule has 8 heteroatoms. The van der Waals surface area contributed by atoms with Gasteiger partial charge in [0, 0.05) is 0 Å². The van der Waals surface area contributed by atoms with Gasteiger partial charge in [-0.15, -0.1) is 0 Å². The van der Waals surface area contributed by atoms with Crippen LogP contribution in [-0.2, 0) is 10.0 Å². The van der Waals surface area contributed by atoms with Gasteiger partial charge in [0.15, 0.2) is 5.76 Å². The van der Waals surface area contributed by atoms with Gasteiger partial charge in [0.1, 0.15) is 5.82 Å². The van der Waals surface area contributed by atoms with E-state index in [0.717, 1.165) is 18.2 Å². The Morgan fingerprint density at radius 2 is 2.05 bits per heavy atom. The minimum atomic E-state index is -3.97. The van der Waals surface area contributed by atoms with E-state index in [1.54, 1.807) is 0 Å². The van der Waals surface area contributed by atoms with E-state index in [4.69, 9.17) is 9.56 Å². The first kappa shape index (κ1) is 13.2. The van der Waals surface area contributed by atoms with Crippen molar-refractivity contribution in [3.05, 3.63) is 48.2 Å². The van der Waals surface area contributed by atoms with E-state index in [2.05, 4.69) is 5.32 Å². The maximum atomic E-state index is 13.5. The summed E-state index contributed by atoms with van der Waals surface area (Å²) in [4.78, 5) is 11.3. The monoisotopic (exact) mass is 284 g/mol. The fourth-order valence-corrected chi connectivity index (χ4v) is 1.91. The zero-order valence-corrected chi connectivity index (χ0v) is 10.3. The molecule has 3 N–H and O–H groups in total. The van der Waals surface area contributed by atoms with Crippen LogP contribution in [0.25, 0.3) is 0 Å². The lowest BCUT2D eigenvalue weighted by atomic mass is 10.3. The van der Waals surface area contributed by atoms with E-state index in [1.165, 1.54) is 18.4 Å². The quantitative estimate of drug-likeness (QED) is 0.887. The third kappa shape index (κ3) is 2.98. The van der Waals surface area contributed by atoms with Gasteiger partial charge in [0.05, 0.1) is 16.8 Å². The van der Waals surface area contributed by atoms with Gasteiger partial charge in [0.25, 0.3) is 5.91 Å². The zero-order chi connectivity index (χ0) is 14.0. The molecule has 1 aromatic heterocycles. The lowest BCUT2D eigenvalue weighted by molar-refractivity contribution is 0.0996. The van der Waals surface area contributed by atoms with E-state index in [-0.39, 0.29) is 16.3 Å². The number of amides is 1. The molecule has 100 valence electrons. The molecule has 0 bridgehead atoms. The number of nitrogens with one attached hydrogen (secondary N) is 1. The van der Waals surface area contributed by atoms with Crippen molar-refractivity contribution >= 4 is 21.6 Å². The second kappa shape index (κ2) is 4.82. The lowest BCUT2D eigenvalue weighted by Crippen LogP contribution is -2.15. The topological polar surface area (TPSA) is 102 Å². The fourth-order valence-electron chi connectivity index (χ4n) is 1.37. The van der Waals surface area contributed by atoms with Gasteiger partial charge >= 0.3 is 0 Å². The van der Waals surface area contributed by atoms with Crippen LogP contribution in [0.4, 0.5) is 10.1 Å². The summed E-state index contributed by atoms with van der Waals surface area (Å²) in [7, 11) is -3.97. The molecular weight excluding hydrogens is 275 g/mol. The molecular formula is C11H9FN2O4S. The molecule has 2 rings (SSSR count). The largest absolute Gasteiger partial charge is 0.459 e. The number of primary sulfonamides is 1. The molecule has 2 aromatic rings. The summed E-state index contributed by atoms with van der Waals surface area (Å²) in [5.41, 5.74) is -0.298. The van der Waals surface area contributed by atoms with Crippen molar-refractivity contribution in [1.29, 1.82) is 0 Å². The van der Waals surface area contributed by atoms with Crippen LogP contribution in [0.1, 0.15) is 10.6 Å². The summed E-state index contributed by atoms with van der Waals surface area (Å²) in [6.07, 6.45) is 1.28. The Morgan fingerprint density at radius 1 is 1.32 bits per heavy atom. The van der Waals surface area contributed by atoms with Gasteiger partial charge in [-0.1, -0.05) is 0 Å². The number of hydrogen-bond donors (Lipinski definition) is 2. The Hall–Kier alpha value is -2.19. The number of furan rings is 1. The molecule has 0 aliphatic rings. The number of nitrogens with two attached hydrogens (primary N) is 1. The maximum Gasteiger partial charge on any atom is 0.291 e. The molecule has 0 saturated carbocycles. The number of sulfonamides is 1. The van der Waals surface area contributed by atoms with Crippen LogP contribution in [0.5, 0.6) is 0 Å². The molecule has 6 nitrogen and oxygen atoms in total. The summed E-state index contributed by atoms with van der Waals surface area (Å²) in [6.45, 7) is 0. The minimum absolute atomic E-state index is 0.0274. The molecule has 0 fully saturated rings. The van der Waals surface area contributed by atoms with E-state index >= 15 is 0 Å². The summed E-state index contributed by atoms with van der Waals surface area (Å²) in [5, 5.41) is 7.12. The van der Waals surface area contributed by atoms with Crippen LogP contribution in [0.2, 0.25) is 0 Å². The predicted octanol–water partition coefficient (Wildman–Crippen LogP) is 1.32. The normalized spacial score (nSPS) is 11.3. The highest BCUT2D eigenvalue weighted by Gasteiger charge is 2.15. The molecule has 0 saturated heterocycles. The average molecular weight is 284 g/mol. The van der Waals surface area contributed by atoms with Crippen LogP contribution >= 0.6 is 0 Å². The molecule has 1 aromatic carbocycles. The van der Waals surface area contributed by atoms with E-state index in [1.807, 2.05) is 0 Å². The lowest BCUT2D eigenvalue weighted by Gasteiger charge is -2.06. The van der Waals surface area contributed by atoms with Crippen LogP contribution in [0, 0.1) is 5.82 Å². The van der Waals surface area contributed by atoms with E-state index < -0.39 is 21.7 Å². The average Bonchev–Trinajstić information content (AvgIpc) is 2.84. The van der Waals surface area contributed by atoms with Gasteiger partial charge in [-0.2, -0.15) is 0 Å². The first-order chi connectivity index (χ1) is 8.88. The molecule has 0 unspecified atom stereocenters. The Balaban J connectivity index is 2.32. The van der Waals surface area contributed by atoms with Crippen molar-refractivity contribution < 1.29 is 22.0 Å². The van der Waals surface area contributed by atoms with Crippen LogP contribution in [0.15, 0.2) is 45.9 Å². The maximum absolute atomic E-state index is 13.5. The molecule has 19 heavy (non-hydrogen) atoms. The predicted molar refractivity (Wildman–Crippen MR) is 64.4 cm³/mol. The second-order valence-electron chi connectivity index (χ2n) is 3.62. The summed E-state index contributed by atoms with van der Waals surface area (Å²) >= 11 is 0. The Kier molecular flexibility index (Phi) is 3.36. The Morgan fingerprint density at radius 3 is 2.63 bits per heavy atom. The van der Waals surface area contributed by atoms with E-state index in [0.29, 0.717) is 0 Å². The SMILES string of the molecule is NS(=O)(=O)c1ccc(F)c(NC(=O)c2ccco2)c1. The highest BCUT2D eigenvalue weighted by molar-refractivity contribution is 7.89. The Bertz CT molecular complexity index is 710. The smallest absolute Gasteiger partial charge is 0.291 e. The first-order valence-electron chi connectivity index (χ1n) is 5.05. The Labute approximate surface area is 108 Å². The van der Waals surface area contributed by atoms with Crippen LogP contribution < -0.4 is 10.5 Å². The number of halogens is 1. The molecule has 0 radical (unpaired) electrons. The summed E-state index contributed by atoms with van der Waals surface area (Å²) in [5.74, 6) is -1.51. The standard InChI is InChI=1S/C11H9FN2O4S/c12-8-4-3-7(19(13,16)17)6-9(8)14-11(15)10-2-1-5-18-10/h1-6H,(H,14,15)(H2,13,16,17). The molecule has 1 heterocycles. The summed E-state index contributed by atoms with van der Waals surface area (Å²) < 4.78 is 40.6. The second-order valence-corrected chi connectivity index (χ2v) is 5.18. The molecule has 0 aliphatic carbocycles. The van der Waals surface area contributed by atoms with Gasteiger partial charge in [-0.3, -0.25) is 4.79 Å². The van der Waals surface area contributed by atoms with Gasteiger partial charge in [-0.05, 0) is 30.3 Å². The first-order valence-corrected chi connectivity index (χ1v) is 6.60. The van der Waals surface area contributed by atoms with Crippen molar-refractivity contribution in [2.75, 3.05) is 5.32 Å². The minimum Gasteiger partial charge on any atom is -0.459 e. The molecule has 0 atom stereocenters. The molecule has 1 amide bonds. The van der Waals surface area contributed by atoms with Crippen LogP contribution in [0.3, 0.4) is 0 Å². The van der Waals surface area contributed by atoms with Crippen molar-refractivity contribution in [2.24, 2.45) is 5.14 Å². The van der Waals surface area contributed by atoms with Crippen molar-refractivity contribution in [1.82, 2.24) is 0 Å². The number of carbonyl (C=O) groups excluding carboxylic acids is 1. The fraction of sp³-hybridized carbons (Fsp3) is 0. The van der Waals surface area contributed by atoms with Crippen molar-refractivity contribution in [2.45, 2.75) is 4.90 Å². The number of rotatable bonds is 3. The third-order valence-corrected chi connectivity index (χ3v) is 3.17. The summed E-state index contributed by atoms with van der Waals surface area (Å²) in [6, 6.07) is 5.72. The number of benzene rings is 1. The highest BCUT2D eigenvalue weighted by Crippen LogP contribution is 2.19. The molecule has 0 aliphatic heterocycles. The van der Waals surface area contributed by atoms with Gasteiger partial charge in [-0.25, -0.2) is 17.9 Å². The molecule has 0 spiro atoms. The number of hydrogen-bond acceptors (Lipinski definition) is 4. The number of carbonyl (C=O) groups is 1. The third-order valence-electron chi connectivity index (χ3n) is 2.26. The van der Waals surface area contributed by atoms with Gasteiger partial charge in [0.2, 0.25) is 10.0 Å². The van der Waals surface area contributed by atoms with Gasteiger partial charge < -0.3 is 9.73 Å². The van der Waals surface area contributed by atoms with Crippen LogP contribution in [-0.4, -0.2) is 14.3 Å². The number of anilines is 1. The zero-order valence-electron chi connectivity index (χ0n) is 9.46. The van der Waals surface area contributed by atoms with Crippen molar-refractivity contribution in [3.63, 3.8) is 0 Å². The van der Waals surface area contributed by atoms with E-state index in [9.17, 15) is 17.6 Å². The highest BCUT2D eigenvalue weighted by atomic mass is 32.2. The van der Waals surface area contributed by atoms with Crippen molar-refractivity contribution in [3.8, 4) is 0 Å².